The monoisotopic (exact) mass is 314 g/mol. The molecule has 0 aromatic carbocycles. The predicted octanol–water partition coefficient (Wildman–Crippen LogP) is 3.42. The van der Waals surface area contributed by atoms with E-state index in [1.54, 1.807) is 0 Å². The van der Waals surface area contributed by atoms with Gasteiger partial charge in [0.05, 0.1) is 6.61 Å². The van der Waals surface area contributed by atoms with E-state index in [1.165, 1.54) is 6.92 Å². The van der Waals surface area contributed by atoms with Crippen LogP contribution >= 0.6 is 11.8 Å². The molecule has 20 heavy (non-hydrogen) atoms. The lowest BCUT2D eigenvalue weighted by atomic mass is 10.00. The number of esters is 1. The summed E-state index contributed by atoms with van der Waals surface area (Å²) >= 11 is 1.91. The van der Waals surface area contributed by atoms with E-state index in [0.717, 1.165) is 30.8 Å². The van der Waals surface area contributed by atoms with E-state index in [0.29, 0.717) is 5.92 Å². The Balaban J connectivity index is 2.25. The van der Waals surface area contributed by atoms with Gasteiger partial charge in [-0.3, -0.25) is 4.79 Å². The molecule has 0 saturated carbocycles. The number of rotatable bonds is 7. The lowest BCUT2D eigenvalue weighted by Crippen LogP contribution is -2.37. The first-order chi connectivity index (χ1) is 9.43. The molecule has 1 aliphatic heterocycles. The highest BCUT2D eigenvalue weighted by Gasteiger charge is 2.42. The van der Waals surface area contributed by atoms with Gasteiger partial charge in [0, 0.05) is 13.0 Å². The minimum Gasteiger partial charge on any atom is -0.450 e. The lowest BCUT2D eigenvalue weighted by Gasteiger charge is -2.23. The largest absolute Gasteiger partial charge is 0.450 e. The summed E-state index contributed by atoms with van der Waals surface area (Å²) in [5, 5.41) is 0. The number of alkyl halides is 3. The standard InChI is InChI=1S/C13H21F3O3S/c1-2-12(17)19-11(13(14,15)16)9-18-6-3-10-4-7-20-8-5-10/h10-11H,2-9H2,1H3. The molecule has 1 unspecified atom stereocenters. The van der Waals surface area contributed by atoms with E-state index in [4.69, 9.17) is 4.74 Å². The van der Waals surface area contributed by atoms with Crippen molar-refractivity contribution in [1.82, 2.24) is 0 Å². The van der Waals surface area contributed by atoms with Gasteiger partial charge < -0.3 is 9.47 Å². The molecule has 0 N–H and O–H groups in total. The molecule has 1 aliphatic rings. The molecular formula is C13H21F3O3S. The molecule has 0 aliphatic carbocycles. The van der Waals surface area contributed by atoms with Crippen LogP contribution in [-0.4, -0.2) is 43.0 Å². The van der Waals surface area contributed by atoms with Crippen LogP contribution in [0.15, 0.2) is 0 Å². The van der Waals surface area contributed by atoms with Gasteiger partial charge in [-0.25, -0.2) is 0 Å². The number of halogens is 3. The number of hydrogen-bond donors (Lipinski definition) is 0. The van der Waals surface area contributed by atoms with Crippen molar-refractivity contribution in [3.05, 3.63) is 0 Å². The van der Waals surface area contributed by atoms with Gasteiger partial charge in [0.25, 0.3) is 0 Å². The van der Waals surface area contributed by atoms with Crippen molar-refractivity contribution >= 4 is 17.7 Å². The predicted molar refractivity (Wildman–Crippen MR) is 71.7 cm³/mol. The van der Waals surface area contributed by atoms with Crippen LogP contribution in [0.25, 0.3) is 0 Å². The first-order valence-corrected chi connectivity index (χ1v) is 8.00. The zero-order valence-corrected chi connectivity index (χ0v) is 12.4. The molecular weight excluding hydrogens is 293 g/mol. The van der Waals surface area contributed by atoms with E-state index >= 15 is 0 Å². The topological polar surface area (TPSA) is 35.5 Å². The Kier molecular flexibility index (Phi) is 7.72. The van der Waals surface area contributed by atoms with Crippen LogP contribution in [-0.2, 0) is 14.3 Å². The number of thioether (sulfide) groups is 1. The van der Waals surface area contributed by atoms with Gasteiger partial charge in [0.15, 0.2) is 0 Å². The van der Waals surface area contributed by atoms with Gasteiger partial charge in [-0.2, -0.15) is 24.9 Å². The fourth-order valence-electron chi connectivity index (χ4n) is 1.91. The Bertz CT molecular complexity index is 291. The smallest absolute Gasteiger partial charge is 0.427 e. The maximum atomic E-state index is 12.6. The molecule has 0 spiro atoms. The highest BCUT2D eigenvalue weighted by molar-refractivity contribution is 7.99. The van der Waals surface area contributed by atoms with E-state index in [-0.39, 0.29) is 13.0 Å². The molecule has 0 bridgehead atoms. The fraction of sp³-hybridized carbons (Fsp3) is 0.923. The summed E-state index contributed by atoms with van der Waals surface area (Å²) in [6, 6.07) is 0. The maximum Gasteiger partial charge on any atom is 0.427 e. The second-order valence-electron chi connectivity index (χ2n) is 4.79. The van der Waals surface area contributed by atoms with E-state index in [1.807, 2.05) is 11.8 Å². The minimum absolute atomic E-state index is 0.0771. The van der Waals surface area contributed by atoms with Gasteiger partial charge in [0.1, 0.15) is 0 Å². The molecule has 1 rings (SSSR count). The summed E-state index contributed by atoms with van der Waals surface area (Å²) in [4.78, 5) is 11.0. The summed E-state index contributed by atoms with van der Waals surface area (Å²) in [6.45, 7) is 1.13. The summed E-state index contributed by atoms with van der Waals surface area (Å²) in [6.07, 6.45) is -3.84. The average Bonchev–Trinajstić information content (AvgIpc) is 2.41. The molecule has 0 radical (unpaired) electrons. The van der Waals surface area contributed by atoms with Gasteiger partial charge in [-0.05, 0) is 36.7 Å². The second kappa shape index (κ2) is 8.77. The molecule has 3 nitrogen and oxygen atoms in total. The van der Waals surface area contributed by atoms with Crippen molar-refractivity contribution < 1.29 is 27.4 Å². The molecule has 0 aromatic rings. The zero-order valence-electron chi connectivity index (χ0n) is 11.6. The third kappa shape index (κ3) is 6.83. The fourth-order valence-corrected chi connectivity index (χ4v) is 3.12. The summed E-state index contributed by atoms with van der Waals surface area (Å²) in [5.74, 6) is 1.91. The number of carbonyl (C=O) groups excluding carboxylic acids is 1. The average molecular weight is 314 g/mol. The third-order valence-corrected chi connectivity index (χ3v) is 4.26. The van der Waals surface area contributed by atoms with Crippen LogP contribution in [0, 0.1) is 5.92 Å². The van der Waals surface area contributed by atoms with Gasteiger partial charge in [0.2, 0.25) is 6.10 Å². The maximum absolute atomic E-state index is 12.6. The Hall–Kier alpha value is -0.430. The van der Waals surface area contributed by atoms with Gasteiger partial charge in [-0.1, -0.05) is 6.92 Å². The van der Waals surface area contributed by atoms with Crippen LogP contribution in [0.1, 0.15) is 32.6 Å². The number of hydrogen-bond acceptors (Lipinski definition) is 4. The number of carbonyl (C=O) groups is 1. The van der Waals surface area contributed by atoms with Crippen molar-refractivity contribution in [3.8, 4) is 0 Å². The molecule has 1 atom stereocenters. The van der Waals surface area contributed by atoms with E-state index in [9.17, 15) is 18.0 Å². The second-order valence-corrected chi connectivity index (χ2v) is 6.02. The molecule has 0 amide bonds. The Labute approximate surface area is 121 Å². The molecule has 1 fully saturated rings. The molecule has 0 aromatic heterocycles. The van der Waals surface area contributed by atoms with Gasteiger partial charge >= 0.3 is 12.1 Å². The van der Waals surface area contributed by atoms with E-state index < -0.39 is 24.9 Å². The molecule has 7 heteroatoms. The van der Waals surface area contributed by atoms with Crippen LogP contribution in [0.3, 0.4) is 0 Å². The summed E-state index contributed by atoms with van der Waals surface area (Å²) in [7, 11) is 0. The quantitative estimate of drug-likeness (QED) is 0.533. The zero-order chi connectivity index (χ0) is 15.0. The summed E-state index contributed by atoms with van der Waals surface area (Å²) in [5.41, 5.74) is 0. The number of ether oxygens (including phenoxy) is 2. The molecule has 1 heterocycles. The Morgan fingerprint density at radius 3 is 2.55 bits per heavy atom. The lowest BCUT2D eigenvalue weighted by molar-refractivity contribution is -0.232. The Morgan fingerprint density at radius 2 is 2.00 bits per heavy atom. The molecule has 1 saturated heterocycles. The van der Waals surface area contributed by atoms with Crippen molar-refractivity contribution in [2.45, 2.75) is 44.9 Å². The van der Waals surface area contributed by atoms with Gasteiger partial charge in [-0.15, -0.1) is 0 Å². The van der Waals surface area contributed by atoms with Crippen molar-refractivity contribution in [1.29, 1.82) is 0 Å². The van der Waals surface area contributed by atoms with Crippen LogP contribution in [0.2, 0.25) is 0 Å². The third-order valence-electron chi connectivity index (χ3n) is 3.21. The summed E-state index contributed by atoms with van der Waals surface area (Å²) < 4.78 is 47.3. The normalized spacial score (nSPS) is 18.8. The Morgan fingerprint density at radius 1 is 1.35 bits per heavy atom. The van der Waals surface area contributed by atoms with Crippen LogP contribution < -0.4 is 0 Å². The first kappa shape index (κ1) is 17.6. The van der Waals surface area contributed by atoms with Crippen molar-refractivity contribution in [2.75, 3.05) is 24.7 Å². The minimum atomic E-state index is -4.58. The highest BCUT2D eigenvalue weighted by Crippen LogP contribution is 2.26. The van der Waals surface area contributed by atoms with Crippen molar-refractivity contribution in [2.24, 2.45) is 5.92 Å². The van der Waals surface area contributed by atoms with E-state index in [2.05, 4.69) is 4.74 Å². The first-order valence-electron chi connectivity index (χ1n) is 6.85. The SMILES string of the molecule is CCC(=O)OC(COCCC1CCSCC1)C(F)(F)F. The van der Waals surface area contributed by atoms with Crippen LogP contribution in [0.4, 0.5) is 13.2 Å². The molecule has 118 valence electrons. The van der Waals surface area contributed by atoms with Crippen molar-refractivity contribution in [3.63, 3.8) is 0 Å². The highest BCUT2D eigenvalue weighted by atomic mass is 32.2. The van der Waals surface area contributed by atoms with Crippen LogP contribution in [0.5, 0.6) is 0 Å².